The van der Waals surface area contributed by atoms with Crippen molar-refractivity contribution in [1.29, 1.82) is 0 Å². The zero-order valence-electron chi connectivity index (χ0n) is 13.3. The Morgan fingerprint density at radius 1 is 1.26 bits per heavy atom. The fourth-order valence-corrected chi connectivity index (χ4v) is 4.48. The molecule has 0 aliphatic carbocycles. The van der Waals surface area contributed by atoms with E-state index in [4.69, 9.17) is 11.6 Å². The van der Waals surface area contributed by atoms with E-state index in [1.54, 1.807) is 21.6 Å². The summed E-state index contributed by atoms with van der Waals surface area (Å²) >= 11 is 7.78. The van der Waals surface area contributed by atoms with Gasteiger partial charge in [0.25, 0.3) is 5.91 Å². The Kier molecular flexibility index (Phi) is 4.73. The lowest BCUT2D eigenvalue weighted by molar-refractivity contribution is -0.135. The van der Waals surface area contributed by atoms with Crippen LogP contribution in [0.4, 0.5) is 11.4 Å². The second-order valence-electron chi connectivity index (χ2n) is 5.90. The molecule has 2 aliphatic rings. The van der Waals surface area contributed by atoms with E-state index < -0.39 is 0 Å². The molecular formula is C16H20ClN3O2S. The number of fused-ring (bicyclic) bond motifs is 1. The molecule has 0 saturated carbocycles. The lowest BCUT2D eigenvalue weighted by Crippen LogP contribution is -2.48. The summed E-state index contributed by atoms with van der Waals surface area (Å²) in [5.74, 6) is 1.18. The fraction of sp³-hybridized carbons (Fsp3) is 0.500. The SMILES string of the molecule is CC(=O)N1CSC[C@@H]1C(=O)N1CCCN(C)c2ccc(Cl)cc21. The van der Waals surface area contributed by atoms with Crippen LogP contribution in [-0.2, 0) is 9.59 Å². The second-order valence-corrected chi connectivity index (χ2v) is 7.34. The summed E-state index contributed by atoms with van der Waals surface area (Å²) in [7, 11) is 2.02. The molecule has 1 aromatic rings. The summed E-state index contributed by atoms with van der Waals surface area (Å²) in [5, 5.41) is 0.612. The van der Waals surface area contributed by atoms with Gasteiger partial charge in [0.05, 0.1) is 17.3 Å². The van der Waals surface area contributed by atoms with Crippen molar-refractivity contribution >= 4 is 46.6 Å². The Labute approximate surface area is 145 Å². The summed E-state index contributed by atoms with van der Waals surface area (Å²) in [6, 6.07) is 5.26. The normalized spacial score (nSPS) is 21.2. The lowest BCUT2D eigenvalue weighted by Gasteiger charge is -2.30. The molecule has 2 aliphatic heterocycles. The van der Waals surface area contributed by atoms with Crippen molar-refractivity contribution < 1.29 is 9.59 Å². The molecule has 0 aromatic heterocycles. The Hall–Kier alpha value is -1.40. The molecule has 1 saturated heterocycles. The number of rotatable bonds is 1. The first kappa shape index (κ1) is 16.5. The molecule has 3 rings (SSSR count). The molecule has 0 radical (unpaired) electrons. The van der Waals surface area contributed by atoms with Gasteiger partial charge in [0.15, 0.2) is 0 Å². The van der Waals surface area contributed by atoms with E-state index in [9.17, 15) is 9.59 Å². The molecule has 0 N–H and O–H groups in total. The zero-order chi connectivity index (χ0) is 16.6. The number of carbonyl (C=O) groups is 2. The molecule has 2 heterocycles. The van der Waals surface area contributed by atoms with Crippen LogP contribution in [-0.4, -0.2) is 54.5 Å². The maximum atomic E-state index is 13.1. The summed E-state index contributed by atoms with van der Waals surface area (Å²) in [6.07, 6.45) is 0.883. The second kappa shape index (κ2) is 6.61. The Morgan fingerprint density at radius 3 is 2.78 bits per heavy atom. The third-order valence-corrected chi connectivity index (χ3v) is 5.60. The molecule has 0 unspecified atom stereocenters. The van der Waals surface area contributed by atoms with Crippen molar-refractivity contribution in [3.63, 3.8) is 0 Å². The van der Waals surface area contributed by atoms with Gasteiger partial charge in [-0.2, -0.15) is 0 Å². The maximum absolute atomic E-state index is 13.1. The third-order valence-electron chi connectivity index (χ3n) is 4.35. The van der Waals surface area contributed by atoms with Gasteiger partial charge in [0.2, 0.25) is 5.91 Å². The van der Waals surface area contributed by atoms with Gasteiger partial charge in [-0.1, -0.05) is 11.6 Å². The number of nitrogens with zero attached hydrogens (tertiary/aromatic N) is 3. The van der Waals surface area contributed by atoms with Crippen LogP contribution >= 0.6 is 23.4 Å². The molecule has 5 nitrogen and oxygen atoms in total. The Balaban J connectivity index is 1.96. The molecule has 1 atom stereocenters. The average Bonchev–Trinajstić information content (AvgIpc) is 2.94. The van der Waals surface area contributed by atoms with Gasteiger partial charge in [-0.3, -0.25) is 9.59 Å². The van der Waals surface area contributed by atoms with Crippen molar-refractivity contribution in [2.45, 2.75) is 19.4 Å². The monoisotopic (exact) mass is 353 g/mol. The number of amides is 2. The Morgan fingerprint density at radius 2 is 2.04 bits per heavy atom. The summed E-state index contributed by atoms with van der Waals surface area (Å²) < 4.78 is 0. The standard InChI is InChI=1S/C16H20ClN3O2S/c1-11(21)20-10-23-9-15(20)16(22)19-7-3-6-18(2)13-5-4-12(17)8-14(13)19/h4-5,8,15H,3,6-7,9-10H2,1-2H3/t15-/m1/s1. The molecule has 23 heavy (non-hydrogen) atoms. The van der Waals surface area contributed by atoms with Crippen LogP contribution in [0.3, 0.4) is 0 Å². The van der Waals surface area contributed by atoms with Crippen molar-refractivity contribution in [3.8, 4) is 0 Å². The zero-order valence-corrected chi connectivity index (χ0v) is 14.9. The van der Waals surface area contributed by atoms with Crippen molar-refractivity contribution in [2.24, 2.45) is 0 Å². The maximum Gasteiger partial charge on any atom is 0.250 e. The fourth-order valence-electron chi connectivity index (χ4n) is 3.11. The molecule has 0 bridgehead atoms. The van der Waals surface area contributed by atoms with Crippen LogP contribution in [0.1, 0.15) is 13.3 Å². The van der Waals surface area contributed by atoms with Gasteiger partial charge in [0, 0.05) is 37.8 Å². The number of hydrogen-bond donors (Lipinski definition) is 0. The van der Waals surface area contributed by atoms with E-state index in [1.165, 1.54) is 6.92 Å². The average molecular weight is 354 g/mol. The van der Waals surface area contributed by atoms with Crippen molar-refractivity contribution in [1.82, 2.24) is 4.90 Å². The lowest BCUT2D eigenvalue weighted by atomic mass is 10.2. The van der Waals surface area contributed by atoms with E-state index in [0.29, 0.717) is 23.2 Å². The van der Waals surface area contributed by atoms with E-state index in [1.807, 2.05) is 25.2 Å². The molecule has 0 spiro atoms. The van der Waals surface area contributed by atoms with Crippen LogP contribution in [0, 0.1) is 0 Å². The number of anilines is 2. The van der Waals surface area contributed by atoms with Gasteiger partial charge in [-0.15, -0.1) is 11.8 Å². The molecule has 1 fully saturated rings. The largest absolute Gasteiger partial charge is 0.373 e. The summed E-state index contributed by atoms with van der Waals surface area (Å²) in [6.45, 7) is 3.05. The van der Waals surface area contributed by atoms with Gasteiger partial charge in [-0.05, 0) is 24.6 Å². The van der Waals surface area contributed by atoms with E-state index >= 15 is 0 Å². The van der Waals surface area contributed by atoms with Gasteiger partial charge >= 0.3 is 0 Å². The van der Waals surface area contributed by atoms with E-state index in [0.717, 1.165) is 24.3 Å². The highest BCUT2D eigenvalue weighted by Gasteiger charge is 2.37. The highest BCUT2D eigenvalue weighted by Crippen LogP contribution is 2.35. The predicted octanol–water partition coefficient (Wildman–Crippen LogP) is 2.43. The van der Waals surface area contributed by atoms with Gasteiger partial charge in [0.1, 0.15) is 6.04 Å². The van der Waals surface area contributed by atoms with Gasteiger partial charge < -0.3 is 14.7 Å². The van der Waals surface area contributed by atoms with Crippen LogP contribution in [0.5, 0.6) is 0 Å². The van der Waals surface area contributed by atoms with Crippen molar-refractivity contribution in [3.05, 3.63) is 23.2 Å². The van der Waals surface area contributed by atoms with Crippen LogP contribution in [0.2, 0.25) is 5.02 Å². The summed E-state index contributed by atoms with van der Waals surface area (Å²) in [4.78, 5) is 30.5. The minimum absolute atomic E-state index is 0.0102. The molecule has 1 aromatic carbocycles. The van der Waals surface area contributed by atoms with Crippen LogP contribution in [0.25, 0.3) is 0 Å². The van der Waals surface area contributed by atoms with E-state index in [-0.39, 0.29) is 17.9 Å². The minimum Gasteiger partial charge on any atom is -0.373 e. The minimum atomic E-state index is -0.382. The Bertz CT molecular complexity index is 640. The number of carbonyl (C=O) groups excluding carboxylic acids is 2. The molecule has 124 valence electrons. The molecule has 2 amide bonds. The first-order valence-corrected chi connectivity index (χ1v) is 9.19. The first-order valence-electron chi connectivity index (χ1n) is 7.66. The predicted molar refractivity (Wildman–Crippen MR) is 95.3 cm³/mol. The van der Waals surface area contributed by atoms with Crippen LogP contribution in [0.15, 0.2) is 18.2 Å². The highest BCUT2D eigenvalue weighted by atomic mass is 35.5. The topological polar surface area (TPSA) is 43.9 Å². The van der Waals surface area contributed by atoms with Crippen LogP contribution < -0.4 is 9.80 Å². The van der Waals surface area contributed by atoms with Gasteiger partial charge in [-0.25, -0.2) is 0 Å². The third kappa shape index (κ3) is 3.15. The van der Waals surface area contributed by atoms with Crippen molar-refractivity contribution in [2.75, 3.05) is 41.6 Å². The first-order chi connectivity index (χ1) is 11.0. The van der Waals surface area contributed by atoms with E-state index in [2.05, 4.69) is 4.90 Å². The number of hydrogen-bond acceptors (Lipinski definition) is 4. The number of thioether (sulfide) groups is 1. The molecule has 7 heteroatoms. The molecular weight excluding hydrogens is 334 g/mol. The number of halogens is 1. The quantitative estimate of drug-likeness (QED) is 0.777. The highest BCUT2D eigenvalue weighted by molar-refractivity contribution is 7.99. The smallest absolute Gasteiger partial charge is 0.250 e. The summed E-state index contributed by atoms with van der Waals surface area (Å²) in [5.41, 5.74) is 1.84. The number of benzene rings is 1.